The average molecular weight is 510 g/mol. The van der Waals surface area contributed by atoms with Crippen LogP contribution in [0, 0.1) is 0 Å². The Morgan fingerprint density at radius 1 is 1.37 bits per heavy atom. The van der Waals surface area contributed by atoms with Crippen molar-refractivity contribution in [3.05, 3.63) is 29.3 Å². The van der Waals surface area contributed by atoms with Crippen molar-refractivity contribution >= 4 is 41.5 Å². The maximum atomic E-state index is 5.99. The highest BCUT2D eigenvalue weighted by Gasteiger charge is 2.22. The van der Waals surface area contributed by atoms with Gasteiger partial charge in [0.05, 0.1) is 13.1 Å². The first-order valence-electron chi connectivity index (χ1n) is 9.26. The standard InChI is InChI=1S/C19H32ClN5O.HI/c1-5-21-19(22-14-17-15-23(2)9-10-24(17)3)25(4)11-12-26-18-8-6-7-16(20)13-18;/h6-8,13,17H,5,9-12,14-15H2,1-4H3,(H,21,22);1H. The fourth-order valence-corrected chi connectivity index (χ4v) is 3.10. The van der Waals surface area contributed by atoms with Crippen molar-refractivity contribution in [2.75, 3.05) is 67.0 Å². The minimum absolute atomic E-state index is 0. The number of rotatable bonds is 7. The smallest absolute Gasteiger partial charge is 0.193 e. The van der Waals surface area contributed by atoms with Crippen molar-refractivity contribution < 1.29 is 4.74 Å². The van der Waals surface area contributed by atoms with Crippen molar-refractivity contribution in [1.82, 2.24) is 20.0 Å². The molecule has 0 spiro atoms. The number of nitrogens with one attached hydrogen (secondary N) is 1. The molecule has 27 heavy (non-hydrogen) atoms. The van der Waals surface area contributed by atoms with Crippen LogP contribution in [0.2, 0.25) is 5.02 Å². The summed E-state index contributed by atoms with van der Waals surface area (Å²) in [6, 6.07) is 7.94. The Labute approximate surface area is 185 Å². The van der Waals surface area contributed by atoms with Crippen LogP contribution >= 0.6 is 35.6 Å². The minimum atomic E-state index is 0. The van der Waals surface area contributed by atoms with Crippen LogP contribution in [0.15, 0.2) is 29.3 Å². The molecule has 1 fully saturated rings. The van der Waals surface area contributed by atoms with Crippen LogP contribution in [0.5, 0.6) is 5.75 Å². The van der Waals surface area contributed by atoms with E-state index in [1.165, 1.54) is 0 Å². The van der Waals surface area contributed by atoms with Crippen molar-refractivity contribution in [2.45, 2.75) is 13.0 Å². The van der Waals surface area contributed by atoms with Crippen LogP contribution in [-0.2, 0) is 0 Å². The van der Waals surface area contributed by atoms with Gasteiger partial charge in [-0.2, -0.15) is 0 Å². The topological polar surface area (TPSA) is 43.3 Å². The van der Waals surface area contributed by atoms with Gasteiger partial charge in [-0.3, -0.25) is 9.89 Å². The summed E-state index contributed by atoms with van der Waals surface area (Å²) in [4.78, 5) is 11.7. The van der Waals surface area contributed by atoms with E-state index in [1.54, 1.807) is 0 Å². The first-order chi connectivity index (χ1) is 12.5. The molecule has 0 amide bonds. The molecule has 0 bridgehead atoms. The van der Waals surface area contributed by atoms with Gasteiger partial charge in [0.25, 0.3) is 0 Å². The van der Waals surface area contributed by atoms with Gasteiger partial charge in [0, 0.05) is 44.3 Å². The molecule has 1 saturated heterocycles. The summed E-state index contributed by atoms with van der Waals surface area (Å²) in [5.41, 5.74) is 0. The number of nitrogens with zero attached hydrogens (tertiary/aromatic N) is 4. The fraction of sp³-hybridized carbons (Fsp3) is 0.632. The van der Waals surface area contributed by atoms with E-state index < -0.39 is 0 Å². The Kier molecular flexibility index (Phi) is 11.4. The van der Waals surface area contributed by atoms with Crippen LogP contribution in [-0.4, -0.2) is 93.7 Å². The van der Waals surface area contributed by atoms with Crippen molar-refractivity contribution in [3.63, 3.8) is 0 Å². The van der Waals surface area contributed by atoms with Crippen molar-refractivity contribution in [2.24, 2.45) is 4.99 Å². The van der Waals surface area contributed by atoms with Crippen LogP contribution in [0.4, 0.5) is 0 Å². The first kappa shape index (κ1) is 24.3. The Morgan fingerprint density at radius 3 is 2.85 bits per heavy atom. The van der Waals surface area contributed by atoms with E-state index in [9.17, 15) is 0 Å². The Morgan fingerprint density at radius 2 is 2.15 bits per heavy atom. The molecule has 1 aliphatic heterocycles. The second kappa shape index (κ2) is 12.6. The lowest BCUT2D eigenvalue weighted by Gasteiger charge is -2.37. The number of aliphatic imine (C=N–C) groups is 1. The molecule has 0 radical (unpaired) electrons. The molecule has 6 nitrogen and oxygen atoms in total. The summed E-state index contributed by atoms with van der Waals surface area (Å²) in [6.07, 6.45) is 0. The highest BCUT2D eigenvalue weighted by atomic mass is 127. The zero-order chi connectivity index (χ0) is 18.9. The van der Waals surface area contributed by atoms with Crippen LogP contribution in [0.1, 0.15) is 6.92 Å². The zero-order valence-corrected chi connectivity index (χ0v) is 19.9. The van der Waals surface area contributed by atoms with Gasteiger partial charge < -0.3 is 19.9 Å². The third-order valence-corrected chi connectivity index (χ3v) is 4.86. The quantitative estimate of drug-likeness (QED) is 0.348. The molecule has 1 aromatic carbocycles. The molecule has 0 saturated carbocycles. The lowest BCUT2D eigenvalue weighted by atomic mass is 10.2. The van der Waals surface area contributed by atoms with Gasteiger partial charge in [0.15, 0.2) is 5.96 Å². The lowest BCUT2D eigenvalue weighted by Crippen LogP contribution is -2.51. The van der Waals surface area contributed by atoms with E-state index in [0.29, 0.717) is 17.7 Å². The molecule has 0 aromatic heterocycles. The van der Waals surface area contributed by atoms with Gasteiger partial charge in [-0.25, -0.2) is 0 Å². The predicted octanol–water partition coefficient (Wildman–Crippen LogP) is 2.48. The minimum Gasteiger partial charge on any atom is -0.492 e. The number of ether oxygens (including phenoxy) is 1. The monoisotopic (exact) mass is 509 g/mol. The maximum Gasteiger partial charge on any atom is 0.193 e. The molecule has 0 aliphatic carbocycles. The fourth-order valence-electron chi connectivity index (χ4n) is 2.92. The van der Waals surface area contributed by atoms with E-state index in [-0.39, 0.29) is 24.0 Å². The molecular weight excluding hydrogens is 477 g/mol. The Bertz CT molecular complexity index is 589. The third kappa shape index (κ3) is 8.41. The predicted molar refractivity (Wildman–Crippen MR) is 125 cm³/mol. The van der Waals surface area contributed by atoms with Crippen LogP contribution in [0.3, 0.4) is 0 Å². The van der Waals surface area contributed by atoms with Gasteiger partial charge in [-0.15, -0.1) is 24.0 Å². The Hall–Kier alpha value is -0.770. The van der Waals surface area contributed by atoms with E-state index in [4.69, 9.17) is 21.3 Å². The number of hydrogen-bond acceptors (Lipinski definition) is 4. The number of hydrogen-bond donors (Lipinski definition) is 1. The van der Waals surface area contributed by atoms with Crippen molar-refractivity contribution in [1.29, 1.82) is 0 Å². The number of benzene rings is 1. The summed E-state index contributed by atoms with van der Waals surface area (Å²) in [6.45, 7) is 8.33. The van der Waals surface area contributed by atoms with E-state index in [1.807, 2.05) is 31.3 Å². The van der Waals surface area contributed by atoms with E-state index in [2.05, 4.69) is 41.0 Å². The lowest BCUT2D eigenvalue weighted by molar-refractivity contribution is 0.119. The Balaban J connectivity index is 0.00000364. The second-order valence-corrected chi connectivity index (χ2v) is 7.26. The molecule has 8 heteroatoms. The molecule has 154 valence electrons. The largest absolute Gasteiger partial charge is 0.492 e. The average Bonchev–Trinajstić information content (AvgIpc) is 2.61. The number of likely N-dealkylation sites (N-methyl/N-ethyl adjacent to an activating group) is 3. The van der Waals surface area contributed by atoms with Gasteiger partial charge in [0.1, 0.15) is 12.4 Å². The van der Waals surface area contributed by atoms with E-state index >= 15 is 0 Å². The number of piperazine rings is 1. The van der Waals surface area contributed by atoms with Crippen molar-refractivity contribution in [3.8, 4) is 5.75 Å². The SMILES string of the molecule is CCNC(=NCC1CN(C)CCN1C)N(C)CCOc1cccc(Cl)c1.I. The zero-order valence-electron chi connectivity index (χ0n) is 16.8. The highest BCUT2D eigenvalue weighted by molar-refractivity contribution is 14.0. The molecule has 1 unspecified atom stereocenters. The molecule has 1 N–H and O–H groups in total. The van der Waals surface area contributed by atoms with Crippen LogP contribution < -0.4 is 10.1 Å². The molecule has 1 atom stereocenters. The van der Waals surface area contributed by atoms with Gasteiger partial charge in [0.2, 0.25) is 0 Å². The first-order valence-corrected chi connectivity index (χ1v) is 9.64. The molecule has 1 heterocycles. The van der Waals surface area contributed by atoms with E-state index in [0.717, 1.165) is 51.0 Å². The maximum absolute atomic E-state index is 5.99. The normalized spacial score (nSPS) is 18.7. The van der Waals surface area contributed by atoms with Gasteiger partial charge in [-0.05, 0) is 39.2 Å². The highest BCUT2D eigenvalue weighted by Crippen LogP contribution is 2.16. The molecular formula is C19H33ClIN5O. The molecule has 1 aliphatic rings. The summed E-state index contributed by atoms with van der Waals surface area (Å²) >= 11 is 5.99. The third-order valence-electron chi connectivity index (χ3n) is 4.62. The second-order valence-electron chi connectivity index (χ2n) is 6.82. The molecule has 2 rings (SSSR count). The van der Waals surface area contributed by atoms with Crippen LogP contribution in [0.25, 0.3) is 0 Å². The van der Waals surface area contributed by atoms with Gasteiger partial charge >= 0.3 is 0 Å². The summed E-state index contributed by atoms with van der Waals surface area (Å²) in [5.74, 6) is 1.71. The summed E-state index contributed by atoms with van der Waals surface area (Å²) in [5, 5.41) is 4.06. The number of halogens is 2. The molecule has 1 aromatic rings. The summed E-state index contributed by atoms with van der Waals surface area (Å²) < 4.78 is 5.79. The number of guanidine groups is 1. The van der Waals surface area contributed by atoms with Gasteiger partial charge in [-0.1, -0.05) is 17.7 Å². The summed E-state index contributed by atoms with van der Waals surface area (Å²) in [7, 11) is 6.40.